The first kappa shape index (κ1) is 20.1. The zero-order valence-corrected chi connectivity index (χ0v) is 17.2. The summed E-state index contributed by atoms with van der Waals surface area (Å²) in [5.41, 5.74) is 1.76. The lowest BCUT2D eigenvalue weighted by molar-refractivity contribution is -0.114. The Morgan fingerprint density at radius 3 is 2.32 bits per heavy atom. The maximum atomic E-state index is 12.6. The van der Waals surface area contributed by atoms with E-state index in [1.807, 2.05) is 29.2 Å². The quantitative estimate of drug-likeness (QED) is 0.759. The lowest BCUT2D eigenvalue weighted by Crippen LogP contribution is -2.46. The van der Waals surface area contributed by atoms with Crippen molar-refractivity contribution in [3.05, 3.63) is 64.1 Å². The van der Waals surface area contributed by atoms with Crippen LogP contribution in [0.4, 0.5) is 5.69 Å². The van der Waals surface area contributed by atoms with Crippen molar-refractivity contribution in [3.8, 4) is 0 Å². The molecule has 6 nitrogen and oxygen atoms in total. The van der Waals surface area contributed by atoms with Crippen LogP contribution in [0.2, 0.25) is 0 Å². The second kappa shape index (κ2) is 9.01. The smallest absolute Gasteiger partial charge is 0.253 e. The zero-order chi connectivity index (χ0) is 20.1. The van der Waals surface area contributed by atoms with Crippen molar-refractivity contribution in [1.82, 2.24) is 10.2 Å². The minimum atomic E-state index is -0.180. The van der Waals surface area contributed by atoms with Crippen LogP contribution in [-0.2, 0) is 4.79 Å². The van der Waals surface area contributed by atoms with Crippen molar-refractivity contribution in [2.45, 2.75) is 25.8 Å². The summed E-state index contributed by atoms with van der Waals surface area (Å²) in [6, 6.07) is 14.2. The van der Waals surface area contributed by atoms with E-state index in [4.69, 9.17) is 0 Å². The summed E-state index contributed by atoms with van der Waals surface area (Å²) in [7, 11) is 0. The second-order valence-electron chi connectivity index (χ2n) is 6.81. The van der Waals surface area contributed by atoms with Gasteiger partial charge in [-0.05, 0) is 55.3 Å². The standard InChI is InChI=1S/C21H22BrN3O3/c1-14(26)23-19-4-2-3-16(13-19)20(27)24-18-9-11-25(12-10-18)21(28)15-5-7-17(22)8-6-15/h2-8,13,18H,9-12H2,1H3,(H,23,26)(H,24,27). The van der Waals surface area contributed by atoms with E-state index in [-0.39, 0.29) is 23.8 Å². The molecule has 0 spiro atoms. The summed E-state index contributed by atoms with van der Waals surface area (Å²) < 4.78 is 0.938. The van der Waals surface area contributed by atoms with Crippen LogP contribution in [0.5, 0.6) is 0 Å². The van der Waals surface area contributed by atoms with Gasteiger partial charge in [-0.15, -0.1) is 0 Å². The summed E-state index contributed by atoms with van der Waals surface area (Å²) >= 11 is 3.37. The summed E-state index contributed by atoms with van der Waals surface area (Å²) in [5, 5.41) is 5.70. The fourth-order valence-corrected chi connectivity index (χ4v) is 3.48. The topological polar surface area (TPSA) is 78.5 Å². The molecule has 0 saturated carbocycles. The molecule has 2 aromatic carbocycles. The second-order valence-corrected chi connectivity index (χ2v) is 7.72. The van der Waals surface area contributed by atoms with E-state index in [1.54, 1.807) is 24.3 Å². The predicted molar refractivity (Wildman–Crippen MR) is 111 cm³/mol. The minimum absolute atomic E-state index is 0.0142. The minimum Gasteiger partial charge on any atom is -0.349 e. The van der Waals surface area contributed by atoms with E-state index >= 15 is 0 Å². The molecule has 1 saturated heterocycles. The molecular weight excluding hydrogens is 422 g/mol. The lowest BCUT2D eigenvalue weighted by atomic mass is 10.0. The van der Waals surface area contributed by atoms with Crippen LogP contribution in [0.15, 0.2) is 53.0 Å². The van der Waals surface area contributed by atoms with Gasteiger partial charge in [0.25, 0.3) is 11.8 Å². The van der Waals surface area contributed by atoms with Crippen molar-refractivity contribution in [1.29, 1.82) is 0 Å². The fraction of sp³-hybridized carbons (Fsp3) is 0.286. The SMILES string of the molecule is CC(=O)Nc1cccc(C(=O)NC2CCN(C(=O)c3ccc(Br)cc3)CC2)c1. The highest BCUT2D eigenvalue weighted by molar-refractivity contribution is 9.10. The van der Waals surface area contributed by atoms with Crippen LogP contribution in [0.1, 0.15) is 40.5 Å². The van der Waals surface area contributed by atoms with Gasteiger partial charge in [-0.1, -0.05) is 22.0 Å². The van der Waals surface area contributed by atoms with Crippen molar-refractivity contribution in [3.63, 3.8) is 0 Å². The number of benzene rings is 2. The Balaban J connectivity index is 1.54. The number of nitrogens with one attached hydrogen (secondary N) is 2. The molecule has 0 radical (unpaired) electrons. The molecule has 0 atom stereocenters. The van der Waals surface area contributed by atoms with Gasteiger partial charge in [-0.25, -0.2) is 0 Å². The van der Waals surface area contributed by atoms with Gasteiger partial charge < -0.3 is 15.5 Å². The van der Waals surface area contributed by atoms with Crippen molar-refractivity contribution in [2.75, 3.05) is 18.4 Å². The van der Waals surface area contributed by atoms with Gasteiger partial charge in [0.15, 0.2) is 0 Å². The van der Waals surface area contributed by atoms with Crippen molar-refractivity contribution >= 4 is 39.3 Å². The van der Waals surface area contributed by atoms with Crippen LogP contribution in [0.25, 0.3) is 0 Å². The number of piperidine rings is 1. The molecule has 146 valence electrons. The third-order valence-corrected chi connectivity index (χ3v) is 5.18. The van der Waals surface area contributed by atoms with Gasteiger partial charge >= 0.3 is 0 Å². The molecule has 1 aliphatic heterocycles. The number of hydrogen-bond acceptors (Lipinski definition) is 3. The van der Waals surface area contributed by atoms with E-state index in [0.29, 0.717) is 42.7 Å². The number of carbonyl (C=O) groups is 3. The van der Waals surface area contributed by atoms with Crippen LogP contribution < -0.4 is 10.6 Å². The summed E-state index contributed by atoms with van der Waals surface area (Å²) in [4.78, 5) is 38.1. The van der Waals surface area contributed by atoms with Crippen LogP contribution in [-0.4, -0.2) is 41.8 Å². The summed E-state index contributed by atoms with van der Waals surface area (Å²) in [6.45, 7) is 2.63. The van der Waals surface area contributed by atoms with E-state index in [9.17, 15) is 14.4 Å². The van der Waals surface area contributed by atoms with Gasteiger partial charge in [0.1, 0.15) is 0 Å². The Hall–Kier alpha value is -2.67. The number of nitrogens with zero attached hydrogens (tertiary/aromatic N) is 1. The largest absolute Gasteiger partial charge is 0.349 e. The first-order valence-electron chi connectivity index (χ1n) is 9.16. The molecule has 0 unspecified atom stereocenters. The Kier molecular flexibility index (Phi) is 6.46. The van der Waals surface area contributed by atoms with E-state index in [0.717, 1.165) is 4.47 Å². The zero-order valence-electron chi connectivity index (χ0n) is 15.6. The molecule has 7 heteroatoms. The van der Waals surface area contributed by atoms with Crippen molar-refractivity contribution < 1.29 is 14.4 Å². The molecule has 1 aliphatic rings. The number of hydrogen-bond donors (Lipinski definition) is 2. The first-order valence-corrected chi connectivity index (χ1v) is 9.95. The van der Waals surface area contributed by atoms with Gasteiger partial charge in [0, 0.05) is 47.3 Å². The van der Waals surface area contributed by atoms with Gasteiger partial charge in [-0.2, -0.15) is 0 Å². The molecule has 1 fully saturated rings. The molecular formula is C21H22BrN3O3. The van der Waals surface area contributed by atoms with Crippen LogP contribution >= 0.6 is 15.9 Å². The molecule has 28 heavy (non-hydrogen) atoms. The van der Waals surface area contributed by atoms with E-state index < -0.39 is 0 Å². The number of rotatable bonds is 4. The lowest BCUT2D eigenvalue weighted by Gasteiger charge is -2.32. The Bertz CT molecular complexity index is 875. The molecule has 1 heterocycles. The molecule has 2 N–H and O–H groups in total. The fourth-order valence-electron chi connectivity index (χ4n) is 3.21. The van der Waals surface area contributed by atoms with Crippen molar-refractivity contribution in [2.24, 2.45) is 0 Å². The van der Waals surface area contributed by atoms with Gasteiger partial charge in [0.05, 0.1) is 0 Å². The highest BCUT2D eigenvalue weighted by atomic mass is 79.9. The van der Waals surface area contributed by atoms with E-state index in [2.05, 4.69) is 26.6 Å². The molecule has 2 aromatic rings. The molecule has 3 rings (SSSR count). The van der Waals surface area contributed by atoms with Gasteiger partial charge in [-0.3, -0.25) is 14.4 Å². The van der Waals surface area contributed by atoms with Gasteiger partial charge in [0.2, 0.25) is 5.91 Å². The third kappa shape index (κ3) is 5.19. The van der Waals surface area contributed by atoms with E-state index in [1.165, 1.54) is 6.92 Å². The van der Waals surface area contributed by atoms with Crippen LogP contribution in [0, 0.1) is 0 Å². The predicted octanol–water partition coefficient (Wildman–Crippen LogP) is 3.44. The first-order chi connectivity index (χ1) is 13.4. The molecule has 0 aromatic heterocycles. The monoisotopic (exact) mass is 443 g/mol. The summed E-state index contributed by atoms with van der Waals surface area (Å²) in [5.74, 6) is -0.342. The maximum Gasteiger partial charge on any atom is 0.253 e. The third-order valence-electron chi connectivity index (χ3n) is 4.65. The Labute approximate surface area is 172 Å². The number of amides is 3. The number of carbonyl (C=O) groups excluding carboxylic acids is 3. The summed E-state index contributed by atoms with van der Waals surface area (Å²) in [6.07, 6.45) is 1.42. The number of anilines is 1. The highest BCUT2D eigenvalue weighted by Gasteiger charge is 2.25. The average Bonchev–Trinajstić information content (AvgIpc) is 2.68. The molecule has 0 bridgehead atoms. The molecule has 3 amide bonds. The number of halogens is 1. The van der Waals surface area contributed by atoms with Crippen LogP contribution in [0.3, 0.4) is 0 Å². The normalized spacial score (nSPS) is 14.4. The molecule has 0 aliphatic carbocycles. The Morgan fingerprint density at radius 2 is 1.68 bits per heavy atom. The highest BCUT2D eigenvalue weighted by Crippen LogP contribution is 2.17. The Morgan fingerprint density at radius 1 is 1.00 bits per heavy atom. The average molecular weight is 444 g/mol. The maximum absolute atomic E-state index is 12.6. The number of likely N-dealkylation sites (tertiary alicyclic amines) is 1.